The number of hydrogen-bond donors (Lipinski definition) is 1. The SMILES string of the molecule is CC(C)=CCCC(C)=CC=NNC(=O)COc1ccc(C)cc1C. The highest BCUT2D eigenvalue weighted by Gasteiger charge is 2.03. The molecule has 4 heteroatoms. The molecule has 0 fully saturated rings. The van der Waals surface area contributed by atoms with Crippen molar-refractivity contribution < 1.29 is 9.53 Å². The van der Waals surface area contributed by atoms with Crippen molar-refractivity contribution in [1.29, 1.82) is 0 Å². The lowest BCUT2D eigenvalue weighted by Crippen LogP contribution is -2.24. The Kier molecular flexibility index (Phi) is 8.55. The van der Waals surface area contributed by atoms with E-state index in [9.17, 15) is 4.79 Å². The molecule has 0 heterocycles. The third-order valence-electron chi connectivity index (χ3n) is 3.40. The predicted molar refractivity (Wildman–Crippen MR) is 100 cm³/mol. The van der Waals surface area contributed by atoms with Crippen LogP contribution >= 0.6 is 0 Å². The Morgan fingerprint density at radius 3 is 2.67 bits per heavy atom. The van der Waals surface area contributed by atoms with Crippen LogP contribution in [0.4, 0.5) is 0 Å². The molecule has 1 amide bonds. The molecule has 1 aromatic rings. The first kappa shape index (κ1) is 19.7. The average molecular weight is 328 g/mol. The van der Waals surface area contributed by atoms with Crippen molar-refractivity contribution in [3.63, 3.8) is 0 Å². The highest BCUT2D eigenvalue weighted by molar-refractivity contribution is 5.79. The molecular weight excluding hydrogens is 300 g/mol. The van der Waals surface area contributed by atoms with Crippen molar-refractivity contribution in [2.24, 2.45) is 5.10 Å². The number of amides is 1. The van der Waals surface area contributed by atoms with Crippen molar-refractivity contribution >= 4 is 12.1 Å². The highest BCUT2D eigenvalue weighted by atomic mass is 16.5. The van der Waals surface area contributed by atoms with Gasteiger partial charge in [-0.25, -0.2) is 5.43 Å². The van der Waals surface area contributed by atoms with E-state index in [2.05, 4.69) is 37.4 Å². The monoisotopic (exact) mass is 328 g/mol. The molecule has 0 unspecified atom stereocenters. The Balaban J connectivity index is 2.33. The lowest BCUT2D eigenvalue weighted by Gasteiger charge is -2.08. The number of nitrogens with zero attached hydrogens (tertiary/aromatic N) is 1. The van der Waals surface area contributed by atoms with E-state index in [1.165, 1.54) is 16.7 Å². The summed E-state index contributed by atoms with van der Waals surface area (Å²) in [5, 5.41) is 3.91. The zero-order chi connectivity index (χ0) is 17.9. The standard InChI is InChI=1S/C20H28N2O2/c1-15(2)7-6-8-16(3)11-12-21-22-20(23)14-24-19-10-9-17(4)13-18(19)5/h7,9-13H,6,8,14H2,1-5H3,(H,22,23). The van der Waals surface area contributed by atoms with Gasteiger partial charge in [0.15, 0.2) is 6.61 Å². The summed E-state index contributed by atoms with van der Waals surface area (Å²) in [5.41, 5.74) is 7.19. The number of allylic oxidation sites excluding steroid dienone is 4. The maximum absolute atomic E-state index is 11.7. The molecule has 0 spiro atoms. The Hall–Kier alpha value is -2.36. The minimum Gasteiger partial charge on any atom is -0.483 e. The summed E-state index contributed by atoms with van der Waals surface area (Å²) >= 11 is 0. The van der Waals surface area contributed by atoms with Crippen molar-refractivity contribution in [1.82, 2.24) is 5.43 Å². The third kappa shape index (κ3) is 8.32. The van der Waals surface area contributed by atoms with Crippen molar-refractivity contribution in [2.45, 2.75) is 47.5 Å². The Morgan fingerprint density at radius 2 is 2.00 bits per heavy atom. The number of carbonyl (C=O) groups excluding carboxylic acids is 1. The quantitative estimate of drug-likeness (QED) is 0.434. The van der Waals surface area contributed by atoms with Crippen LogP contribution in [0.25, 0.3) is 0 Å². The zero-order valence-corrected chi connectivity index (χ0v) is 15.3. The summed E-state index contributed by atoms with van der Waals surface area (Å²) < 4.78 is 5.50. The van der Waals surface area contributed by atoms with Crippen molar-refractivity contribution in [3.05, 3.63) is 52.6 Å². The largest absolute Gasteiger partial charge is 0.483 e. The third-order valence-corrected chi connectivity index (χ3v) is 3.40. The van der Waals surface area contributed by atoms with Gasteiger partial charge in [-0.3, -0.25) is 4.79 Å². The molecule has 0 aliphatic rings. The van der Waals surface area contributed by atoms with Crippen LogP contribution in [0.15, 0.2) is 46.6 Å². The maximum Gasteiger partial charge on any atom is 0.277 e. The molecule has 0 radical (unpaired) electrons. The van der Waals surface area contributed by atoms with Gasteiger partial charge in [0, 0.05) is 6.21 Å². The van der Waals surface area contributed by atoms with Crippen LogP contribution in [0, 0.1) is 13.8 Å². The van der Waals surface area contributed by atoms with Crippen molar-refractivity contribution in [3.8, 4) is 5.75 Å². The smallest absolute Gasteiger partial charge is 0.277 e. The van der Waals surface area contributed by atoms with E-state index >= 15 is 0 Å². The molecular formula is C20H28N2O2. The number of rotatable bonds is 8. The Bertz CT molecular complexity index is 639. The van der Waals surface area contributed by atoms with Gasteiger partial charge in [0.25, 0.3) is 5.91 Å². The normalized spacial score (nSPS) is 11.5. The predicted octanol–water partition coefficient (Wildman–Crippen LogP) is 4.48. The van der Waals surface area contributed by atoms with Gasteiger partial charge >= 0.3 is 0 Å². The van der Waals surface area contributed by atoms with Crippen molar-refractivity contribution in [2.75, 3.05) is 6.61 Å². The fourth-order valence-corrected chi connectivity index (χ4v) is 2.08. The first-order valence-electron chi connectivity index (χ1n) is 8.19. The number of ether oxygens (including phenoxy) is 1. The molecule has 1 aromatic carbocycles. The van der Waals surface area contributed by atoms with E-state index in [4.69, 9.17) is 4.74 Å². The van der Waals surface area contributed by atoms with Crippen LogP contribution in [0.3, 0.4) is 0 Å². The molecule has 24 heavy (non-hydrogen) atoms. The maximum atomic E-state index is 11.7. The summed E-state index contributed by atoms with van der Waals surface area (Å²) in [5.74, 6) is 0.441. The van der Waals surface area contributed by atoms with E-state index in [1.54, 1.807) is 6.21 Å². The van der Waals surface area contributed by atoms with Gasteiger partial charge in [-0.05, 0) is 65.2 Å². The molecule has 1 rings (SSSR count). The van der Waals surface area contributed by atoms with Crippen LogP contribution in [0.5, 0.6) is 5.75 Å². The zero-order valence-electron chi connectivity index (χ0n) is 15.3. The fraction of sp³-hybridized carbons (Fsp3) is 0.400. The second-order valence-electron chi connectivity index (χ2n) is 6.20. The Labute approximate surface area is 145 Å². The van der Waals surface area contributed by atoms with Gasteiger partial charge in [0.2, 0.25) is 0 Å². The Morgan fingerprint density at radius 1 is 1.25 bits per heavy atom. The topological polar surface area (TPSA) is 50.7 Å². The molecule has 1 N–H and O–H groups in total. The molecule has 4 nitrogen and oxygen atoms in total. The summed E-state index contributed by atoms with van der Waals surface area (Å²) in [6.07, 6.45) is 7.73. The second-order valence-corrected chi connectivity index (χ2v) is 6.20. The lowest BCUT2D eigenvalue weighted by molar-refractivity contribution is -0.123. The van der Waals surface area contributed by atoms with E-state index in [0.29, 0.717) is 0 Å². The first-order valence-corrected chi connectivity index (χ1v) is 8.19. The van der Waals surface area contributed by atoms with Gasteiger partial charge in [-0.15, -0.1) is 0 Å². The second kappa shape index (κ2) is 10.4. The molecule has 0 saturated carbocycles. The minimum atomic E-state index is -0.276. The summed E-state index contributed by atoms with van der Waals surface area (Å²) in [6.45, 7) is 10.2. The number of benzene rings is 1. The van der Waals surface area contributed by atoms with E-state index < -0.39 is 0 Å². The number of hydrogen-bond acceptors (Lipinski definition) is 3. The van der Waals surface area contributed by atoms with Crippen LogP contribution in [0.2, 0.25) is 0 Å². The molecule has 0 aliphatic heterocycles. The van der Waals surface area contributed by atoms with E-state index in [0.717, 1.165) is 24.2 Å². The fourth-order valence-electron chi connectivity index (χ4n) is 2.08. The number of nitrogens with one attached hydrogen (secondary N) is 1. The van der Waals surface area contributed by atoms with E-state index in [1.807, 2.05) is 38.1 Å². The number of hydrazone groups is 1. The molecule has 0 saturated heterocycles. The highest BCUT2D eigenvalue weighted by Crippen LogP contribution is 2.18. The van der Waals surface area contributed by atoms with Gasteiger partial charge in [-0.2, -0.15) is 5.10 Å². The molecule has 0 aromatic heterocycles. The molecule has 130 valence electrons. The summed E-state index contributed by atoms with van der Waals surface area (Å²) in [7, 11) is 0. The van der Waals surface area contributed by atoms with Crippen LogP contribution < -0.4 is 10.2 Å². The first-order chi connectivity index (χ1) is 11.4. The average Bonchev–Trinajstić information content (AvgIpc) is 2.50. The van der Waals surface area contributed by atoms with Crippen LogP contribution in [-0.2, 0) is 4.79 Å². The minimum absolute atomic E-state index is 0.0511. The van der Waals surface area contributed by atoms with Crippen LogP contribution in [0.1, 0.15) is 44.7 Å². The van der Waals surface area contributed by atoms with Gasteiger partial charge in [0.05, 0.1) is 0 Å². The van der Waals surface area contributed by atoms with Crippen LogP contribution in [-0.4, -0.2) is 18.7 Å². The molecule has 0 atom stereocenters. The lowest BCUT2D eigenvalue weighted by atomic mass is 10.1. The summed E-state index contributed by atoms with van der Waals surface area (Å²) in [4.78, 5) is 11.7. The number of aryl methyl sites for hydroxylation is 2. The van der Waals surface area contributed by atoms with Gasteiger partial charge < -0.3 is 4.74 Å². The van der Waals surface area contributed by atoms with Gasteiger partial charge in [0.1, 0.15) is 5.75 Å². The molecule has 0 bridgehead atoms. The van der Waals surface area contributed by atoms with Gasteiger partial charge in [-0.1, -0.05) is 34.9 Å². The molecule has 0 aliphatic carbocycles. The van der Waals surface area contributed by atoms with E-state index in [-0.39, 0.29) is 12.5 Å². The number of carbonyl (C=O) groups is 1. The summed E-state index contributed by atoms with van der Waals surface area (Å²) in [6, 6.07) is 5.86.